The van der Waals surface area contributed by atoms with Gasteiger partial charge in [-0.1, -0.05) is 12.1 Å². The van der Waals surface area contributed by atoms with Gasteiger partial charge in [0.15, 0.2) is 0 Å². The monoisotopic (exact) mass is 214 g/mol. The minimum atomic E-state index is 0.0108. The molecule has 0 aliphatic rings. The number of aryl methyl sites for hydroxylation is 2. The summed E-state index contributed by atoms with van der Waals surface area (Å²) in [7, 11) is 1.75. The van der Waals surface area contributed by atoms with Gasteiger partial charge in [-0.25, -0.2) is 0 Å². The van der Waals surface area contributed by atoms with Crippen molar-refractivity contribution in [2.75, 3.05) is 5.73 Å². The van der Waals surface area contributed by atoms with Gasteiger partial charge in [-0.3, -0.25) is 4.79 Å². The van der Waals surface area contributed by atoms with E-state index >= 15 is 0 Å². The Morgan fingerprint density at radius 3 is 2.44 bits per heavy atom. The maximum atomic E-state index is 11.4. The topological polar surface area (TPSA) is 48.0 Å². The molecule has 1 heterocycles. The molecule has 2 aromatic rings. The summed E-state index contributed by atoms with van der Waals surface area (Å²) in [4.78, 5) is 11.4. The van der Waals surface area contributed by atoms with Crippen molar-refractivity contribution in [3.63, 3.8) is 0 Å². The van der Waals surface area contributed by atoms with Crippen LogP contribution in [0.1, 0.15) is 5.56 Å². The van der Waals surface area contributed by atoms with Gasteiger partial charge in [-0.15, -0.1) is 0 Å². The molecule has 0 atom stereocenters. The number of hydrogen-bond acceptors (Lipinski definition) is 2. The lowest BCUT2D eigenvalue weighted by Gasteiger charge is -2.08. The summed E-state index contributed by atoms with van der Waals surface area (Å²) in [5.74, 6) is 0. The quantitative estimate of drug-likeness (QED) is 0.737. The number of nitrogens with two attached hydrogens (primary N) is 1. The summed E-state index contributed by atoms with van der Waals surface area (Å²) in [6.07, 6.45) is 1.85. The van der Waals surface area contributed by atoms with Crippen LogP contribution in [0.4, 0.5) is 5.69 Å². The smallest absolute Gasteiger partial charge is 0.250 e. The van der Waals surface area contributed by atoms with Gasteiger partial charge in [0.25, 0.3) is 5.56 Å². The van der Waals surface area contributed by atoms with Crippen LogP contribution in [0.5, 0.6) is 0 Å². The van der Waals surface area contributed by atoms with E-state index < -0.39 is 0 Å². The maximum absolute atomic E-state index is 11.4. The van der Waals surface area contributed by atoms with E-state index in [1.54, 1.807) is 17.7 Å². The first-order valence-electron chi connectivity index (χ1n) is 5.11. The van der Waals surface area contributed by atoms with E-state index in [4.69, 9.17) is 5.73 Å². The van der Waals surface area contributed by atoms with Crippen LogP contribution in [-0.4, -0.2) is 4.57 Å². The third kappa shape index (κ3) is 1.84. The molecule has 1 aromatic heterocycles. The van der Waals surface area contributed by atoms with Gasteiger partial charge in [0.05, 0.1) is 0 Å². The average Bonchev–Trinajstić information content (AvgIpc) is 2.25. The largest absolute Gasteiger partial charge is 0.399 e. The van der Waals surface area contributed by atoms with Crippen LogP contribution in [0.3, 0.4) is 0 Å². The fraction of sp³-hybridized carbons (Fsp3) is 0.154. The van der Waals surface area contributed by atoms with Crippen LogP contribution >= 0.6 is 0 Å². The lowest BCUT2D eigenvalue weighted by atomic mass is 10.0. The number of pyridine rings is 1. The molecule has 3 nitrogen and oxygen atoms in total. The van der Waals surface area contributed by atoms with E-state index in [-0.39, 0.29) is 5.56 Å². The van der Waals surface area contributed by atoms with Gasteiger partial charge >= 0.3 is 0 Å². The Balaban J connectivity index is 2.60. The Hall–Kier alpha value is -2.03. The molecule has 0 radical (unpaired) electrons. The first kappa shape index (κ1) is 10.5. The second kappa shape index (κ2) is 3.85. The first-order valence-corrected chi connectivity index (χ1v) is 5.11. The zero-order valence-corrected chi connectivity index (χ0v) is 9.40. The Morgan fingerprint density at radius 1 is 1.19 bits per heavy atom. The zero-order chi connectivity index (χ0) is 11.7. The summed E-state index contributed by atoms with van der Waals surface area (Å²) < 4.78 is 1.58. The average molecular weight is 214 g/mol. The Labute approximate surface area is 94.1 Å². The van der Waals surface area contributed by atoms with Crippen LogP contribution in [0.25, 0.3) is 11.1 Å². The predicted octanol–water partition coefficient (Wildman–Crippen LogP) is 1.94. The fourth-order valence-electron chi connectivity index (χ4n) is 1.69. The number of nitrogens with zero attached hydrogens (tertiary/aromatic N) is 1. The molecular formula is C13H14N2O. The van der Waals surface area contributed by atoms with Crippen molar-refractivity contribution in [3.05, 3.63) is 52.4 Å². The molecule has 2 N–H and O–H groups in total. The Bertz CT molecular complexity index is 567. The van der Waals surface area contributed by atoms with E-state index in [0.717, 1.165) is 22.4 Å². The van der Waals surface area contributed by atoms with Crippen molar-refractivity contribution in [3.8, 4) is 11.1 Å². The number of rotatable bonds is 1. The summed E-state index contributed by atoms with van der Waals surface area (Å²) in [6.45, 7) is 1.94. The molecule has 0 aliphatic heterocycles. The van der Waals surface area contributed by atoms with Crippen LogP contribution in [-0.2, 0) is 7.05 Å². The highest BCUT2D eigenvalue weighted by molar-refractivity contribution is 5.67. The molecular weight excluding hydrogens is 200 g/mol. The molecule has 1 aromatic carbocycles. The van der Waals surface area contributed by atoms with Crippen molar-refractivity contribution in [2.45, 2.75) is 6.92 Å². The molecule has 82 valence electrons. The normalized spacial score (nSPS) is 10.4. The summed E-state index contributed by atoms with van der Waals surface area (Å²) in [5.41, 5.74) is 9.50. The zero-order valence-electron chi connectivity index (χ0n) is 9.40. The number of anilines is 1. The lowest BCUT2D eigenvalue weighted by molar-refractivity contribution is 0.858. The van der Waals surface area contributed by atoms with Crippen molar-refractivity contribution >= 4 is 5.69 Å². The number of hydrogen-bond donors (Lipinski definition) is 1. The minimum Gasteiger partial charge on any atom is -0.399 e. The molecule has 0 spiro atoms. The highest BCUT2D eigenvalue weighted by Crippen LogP contribution is 2.22. The Morgan fingerprint density at radius 2 is 1.81 bits per heavy atom. The molecule has 0 amide bonds. The van der Waals surface area contributed by atoms with E-state index in [0.29, 0.717) is 0 Å². The molecule has 3 heteroatoms. The van der Waals surface area contributed by atoms with Gasteiger partial charge < -0.3 is 10.3 Å². The molecule has 2 rings (SSSR count). The van der Waals surface area contributed by atoms with Gasteiger partial charge in [0.2, 0.25) is 0 Å². The van der Waals surface area contributed by atoms with Crippen LogP contribution < -0.4 is 11.3 Å². The van der Waals surface area contributed by atoms with E-state index in [1.807, 2.05) is 37.4 Å². The van der Waals surface area contributed by atoms with Gasteiger partial charge in [-0.05, 0) is 30.2 Å². The third-order valence-electron chi connectivity index (χ3n) is 2.66. The van der Waals surface area contributed by atoms with Crippen molar-refractivity contribution in [1.29, 1.82) is 0 Å². The van der Waals surface area contributed by atoms with Crippen LogP contribution in [0.15, 0.2) is 41.3 Å². The first-order chi connectivity index (χ1) is 7.58. The molecule has 0 saturated heterocycles. The molecule has 0 bridgehead atoms. The molecule has 0 unspecified atom stereocenters. The fourth-order valence-corrected chi connectivity index (χ4v) is 1.69. The standard InChI is InChI=1S/C13H14N2O/c1-9-7-13(16)15(2)8-12(9)10-3-5-11(14)6-4-10/h3-8H,14H2,1-2H3. The van der Waals surface area contributed by atoms with E-state index in [9.17, 15) is 4.79 Å². The second-order valence-electron chi connectivity index (χ2n) is 3.94. The molecule has 16 heavy (non-hydrogen) atoms. The predicted molar refractivity (Wildman–Crippen MR) is 66.3 cm³/mol. The highest BCUT2D eigenvalue weighted by Gasteiger charge is 2.03. The van der Waals surface area contributed by atoms with Gasteiger partial charge in [0.1, 0.15) is 0 Å². The van der Waals surface area contributed by atoms with E-state index in [1.165, 1.54) is 0 Å². The summed E-state index contributed by atoms with van der Waals surface area (Å²) in [5, 5.41) is 0. The minimum absolute atomic E-state index is 0.0108. The summed E-state index contributed by atoms with van der Waals surface area (Å²) in [6, 6.07) is 9.29. The van der Waals surface area contributed by atoms with Gasteiger partial charge in [-0.2, -0.15) is 0 Å². The van der Waals surface area contributed by atoms with Crippen LogP contribution in [0, 0.1) is 6.92 Å². The molecule has 0 aliphatic carbocycles. The maximum Gasteiger partial charge on any atom is 0.250 e. The van der Waals surface area contributed by atoms with Gasteiger partial charge in [0, 0.05) is 30.6 Å². The number of aromatic nitrogens is 1. The molecule has 0 fully saturated rings. The van der Waals surface area contributed by atoms with Crippen molar-refractivity contribution in [2.24, 2.45) is 7.05 Å². The summed E-state index contributed by atoms with van der Waals surface area (Å²) >= 11 is 0. The van der Waals surface area contributed by atoms with Crippen LogP contribution in [0.2, 0.25) is 0 Å². The van der Waals surface area contributed by atoms with Crippen molar-refractivity contribution < 1.29 is 0 Å². The molecule has 0 saturated carbocycles. The van der Waals surface area contributed by atoms with E-state index in [2.05, 4.69) is 0 Å². The second-order valence-corrected chi connectivity index (χ2v) is 3.94. The third-order valence-corrected chi connectivity index (χ3v) is 2.66. The lowest BCUT2D eigenvalue weighted by Crippen LogP contribution is -2.15. The number of nitrogen functional groups attached to an aromatic ring is 1. The Kier molecular flexibility index (Phi) is 2.52. The SMILES string of the molecule is Cc1cc(=O)n(C)cc1-c1ccc(N)cc1. The number of benzene rings is 1. The highest BCUT2D eigenvalue weighted by atomic mass is 16.1. The van der Waals surface area contributed by atoms with Crippen molar-refractivity contribution in [1.82, 2.24) is 4.57 Å².